The first-order chi connectivity index (χ1) is 9.74. The largest absolute Gasteiger partial charge is 0.497 e. The predicted octanol–water partition coefficient (Wildman–Crippen LogP) is 5.10. The van der Waals surface area contributed by atoms with Crippen molar-refractivity contribution >= 4 is 0 Å². The first-order valence-corrected chi connectivity index (χ1v) is 7.97. The van der Waals surface area contributed by atoms with Gasteiger partial charge in [-0.05, 0) is 42.4 Å². The molecule has 2 nitrogen and oxygen atoms in total. The number of methoxy groups -OCH3 is 2. The van der Waals surface area contributed by atoms with Gasteiger partial charge in [-0.25, -0.2) is 0 Å². The van der Waals surface area contributed by atoms with E-state index < -0.39 is 0 Å². The molecule has 1 aliphatic rings. The van der Waals surface area contributed by atoms with E-state index in [1.54, 1.807) is 14.2 Å². The Morgan fingerprint density at radius 1 is 0.950 bits per heavy atom. The Bertz CT molecular complexity index is 397. The Morgan fingerprint density at radius 2 is 1.55 bits per heavy atom. The fourth-order valence-corrected chi connectivity index (χ4v) is 3.54. The van der Waals surface area contributed by atoms with Crippen LogP contribution in [0, 0.1) is 0 Å². The van der Waals surface area contributed by atoms with Gasteiger partial charge in [-0.15, -0.1) is 0 Å². The molecule has 1 saturated carbocycles. The average molecular weight is 276 g/mol. The minimum atomic E-state index is 0.343. The minimum absolute atomic E-state index is 0.343. The van der Waals surface area contributed by atoms with Gasteiger partial charge in [0.2, 0.25) is 0 Å². The molecule has 0 heterocycles. The molecular formula is C18H28O2. The van der Waals surface area contributed by atoms with Gasteiger partial charge in [0.15, 0.2) is 0 Å². The smallest absolute Gasteiger partial charge is 0.122 e. The molecular weight excluding hydrogens is 248 g/mol. The van der Waals surface area contributed by atoms with Gasteiger partial charge >= 0.3 is 0 Å². The quantitative estimate of drug-likeness (QED) is 0.720. The molecule has 1 fully saturated rings. The summed E-state index contributed by atoms with van der Waals surface area (Å²) in [6.45, 7) is 2.28. The van der Waals surface area contributed by atoms with Crippen LogP contribution in [0.1, 0.15) is 63.9 Å². The van der Waals surface area contributed by atoms with Crippen molar-refractivity contribution < 1.29 is 9.47 Å². The molecule has 1 aromatic carbocycles. The number of hydrogen-bond acceptors (Lipinski definition) is 2. The van der Waals surface area contributed by atoms with E-state index >= 15 is 0 Å². The van der Waals surface area contributed by atoms with Crippen molar-refractivity contribution in [2.24, 2.45) is 0 Å². The third kappa shape index (κ3) is 3.28. The second-order valence-electron chi connectivity index (χ2n) is 6.05. The lowest BCUT2D eigenvalue weighted by molar-refractivity contribution is 0.265. The molecule has 0 bridgehead atoms. The lowest BCUT2D eigenvalue weighted by atomic mass is 9.66. The molecule has 20 heavy (non-hydrogen) atoms. The van der Waals surface area contributed by atoms with Crippen molar-refractivity contribution in [3.05, 3.63) is 23.8 Å². The second-order valence-corrected chi connectivity index (χ2v) is 6.05. The normalized spacial score (nSPS) is 17.8. The van der Waals surface area contributed by atoms with Gasteiger partial charge in [0.05, 0.1) is 14.2 Å². The summed E-state index contributed by atoms with van der Waals surface area (Å²) in [6, 6.07) is 6.42. The fraction of sp³-hybridized carbons (Fsp3) is 0.667. The molecule has 0 radical (unpaired) electrons. The van der Waals surface area contributed by atoms with E-state index in [0.29, 0.717) is 5.41 Å². The summed E-state index contributed by atoms with van der Waals surface area (Å²) in [7, 11) is 3.47. The summed E-state index contributed by atoms with van der Waals surface area (Å²) in [5.74, 6) is 1.83. The number of hydrogen-bond donors (Lipinski definition) is 0. The van der Waals surface area contributed by atoms with E-state index in [2.05, 4.69) is 19.1 Å². The summed E-state index contributed by atoms with van der Waals surface area (Å²) in [5, 5.41) is 0. The van der Waals surface area contributed by atoms with Gasteiger partial charge in [0.25, 0.3) is 0 Å². The van der Waals surface area contributed by atoms with Crippen LogP contribution in [0.25, 0.3) is 0 Å². The number of ether oxygens (including phenoxy) is 2. The van der Waals surface area contributed by atoms with E-state index in [9.17, 15) is 0 Å². The highest BCUT2D eigenvalue weighted by Crippen LogP contribution is 2.45. The number of benzene rings is 1. The maximum Gasteiger partial charge on any atom is 0.122 e. The molecule has 0 amide bonds. The van der Waals surface area contributed by atoms with Gasteiger partial charge < -0.3 is 9.47 Å². The Kier molecular flexibility index (Phi) is 5.33. The highest BCUT2D eigenvalue weighted by Gasteiger charge is 2.33. The van der Waals surface area contributed by atoms with E-state index in [4.69, 9.17) is 9.47 Å². The molecule has 0 spiro atoms. The third-order valence-electron chi connectivity index (χ3n) is 4.78. The topological polar surface area (TPSA) is 18.5 Å². The highest BCUT2D eigenvalue weighted by molar-refractivity contribution is 5.42. The van der Waals surface area contributed by atoms with Crippen LogP contribution < -0.4 is 9.47 Å². The molecule has 112 valence electrons. The minimum Gasteiger partial charge on any atom is -0.497 e. The Hall–Kier alpha value is -1.18. The monoisotopic (exact) mass is 276 g/mol. The van der Waals surface area contributed by atoms with E-state index in [1.165, 1.54) is 56.9 Å². The highest BCUT2D eigenvalue weighted by atomic mass is 16.5. The predicted molar refractivity (Wildman–Crippen MR) is 83.8 cm³/mol. The first-order valence-electron chi connectivity index (χ1n) is 7.97. The van der Waals surface area contributed by atoms with Crippen LogP contribution in [0.5, 0.6) is 11.5 Å². The summed E-state index contributed by atoms with van der Waals surface area (Å²) in [5.41, 5.74) is 1.76. The lowest BCUT2D eigenvalue weighted by Gasteiger charge is -2.38. The average Bonchev–Trinajstić information content (AvgIpc) is 2.53. The van der Waals surface area contributed by atoms with E-state index in [1.807, 2.05) is 6.07 Å². The van der Waals surface area contributed by atoms with Crippen molar-refractivity contribution in [2.45, 2.75) is 63.7 Å². The first kappa shape index (κ1) is 15.2. The van der Waals surface area contributed by atoms with Gasteiger partial charge in [-0.2, -0.15) is 0 Å². The van der Waals surface area contributed by atoms with Crippen LogP contribution in [0.4, 0.5) is 0 Å². The maximum absolute atomic E-state index is 5.46. The molecule has 1 aromatic rings. The summed E-state index contributed by atoms with van der Waals surface area (Å²) >= 11 is 0. The number of rotatable bonds is 6. The molecule has 0 N–H and O–H groups in total. The van der Waals surface area contributed by atoms with Crippen LogP contribution in [0.15, 0.2) is 18.2 Å². The molecule has 0 atom stereocenters. The zero-order valence-corrected chi connectivity index (χ0v) is 13.2. The van der Waals surface area contributed by atoms with E-state index in [-0.39, 0.29) is 0 Å². The zero-order chi connectivity index (χ0) is 14.4. The lowest BCUT2D eigenvalue weighted by Crippen LogP contribution is -2.29. The molecule has 2 rings (SSSR count). The van der Waals surface area contributed by atoms with Gasteiger partial charge in [0.1, 0.15) is 11.5 Å². The van der Waals surface area contributed by atoms with Crippen LogP contribution >= 0.6 is 0 Å². The molecule has 1 aliphatic carbocycles. The second kappa shape index (κ2) is 7.01. The maximum atomic E-state index is 5.46. The standard InChI is InChI=1S/C18H28O2/c1-4-5-9-18(10-7-6-8-11-18)15-12-16(19-2)14-17(13-15)20-3/h12-14H,4-11H2,1-3H3. The number of unbranched alkanes of at least 4 members (excludes halogenated alkanes) is 1. The molecule has 0 aromatic heterocycles. The van der Waals surface area contributed by atoms with Gasteiger partial charge in [0, 0.05) is 6.07 Å². The summed E-state index contributed by atoms with van der Waals surface area (Å²) in [4.78, 5) is 0. The Labute approximate surface area is 123 Å². The molecule has 0 unspecified atom stereocenters. The van der Waals surface area contributed by atoms with Crippen molar-refractivity contribution in [3.8, 4) is 11.5 Å². The van der Waals surface area contributed by atoms with Gasteiger partial charge in [-0.1, -0.05) is 39.0 Å². The Balaban J connectivity index is 2.36. The van der Waals surface area contributed by atoms with Crippen molar-refractivity contribution in [1.82, 2.24) is 0 Å². The SMILES string of the molecule is CCCCC1(c2cc(OC)cc(OC)c2)CCCCC1. The fourth-order valence-electron chi connectivity index (χ4n) is 3.54. The summed E-state index contributed by atoms with van der Waals surface area (Å²) in [6.07, 6.45) is 10.6. The Morgan fingerprint density at radius 3 is 2.05 bits per heavy atom. The third-order valence-corrected chi connectivity index (χ3v) is 4.78. The van der Waals surface area contributed by atoms with Crippen LogP contribution in [0.2, 0.25) is 0 Å². The summed E-state index contributed by atoms with van der Waals surface area (Å²) < 4.78 is 10.9. The van der Waals surface area contributed by atoms with Crippen LogP contribution in [0.3, 0.4) is 0 Å². The van der Waals surface area contributed by atoms with Crippen LogP contribution in [-0.4, -0.2) is 14.2 Å². The van der Waals surface area contributed by atoms with E-state index in [0.717, 1.165) is 11.5 Å². The van der Waals surface area contributed by atoms with Crippen molar-refractivity contribution in [1.29, 1.82) is 0 Å². The zero-order valence-electron chi connectivity index (χ0n) is 13.2. The van der Waals surface area contributed by atoms with Crippen molar-refractivity contribution in [3.63, 3.8) is 0 Å². The molecule has 0 saturated heterocycles. The van der Waals surface area contributed by atoms with Gasteiger partial charge in [-0.3, -0.25) is 0 Å². The molecule has 0 aliphatic heterocycles. The van der Waals surface area contributed by atoms with Crippen molar-refractivity contribution in [2.75, 3.05) is 14.2 Å². The molecule has 2 heteroatoms. The van der Waals surface area contributed by atoms with Crippen LogP contribution in [-0.2, 0) is 5.41 Å².